The first-order chi connectivity index (χ1) is 13.9. The number of aliphatic hydroxyl groups excluding tert-OH is 1. The summed E-state index contributed by atoms with van der Waals surface area (Å²) in [7, 11) is 0. The van der Waals surface area contributed by atoms with Gasteiger partial charge in [-0.15, -0.1) is 0 Å². The van der Waals surface area contributed by atoms with E-state index in [9.17, 15) is 5.11 Å². The van der Waals surface area contributed by atoms with E-state index in [0.29, 0.717) is 43.5 Å². The van der Waals surface area contributed by atoms with Crippen LogP contribution in [0.15, 0.2) is 12.2 Å². The van der Waals surface area contributed by atoms with Crippen molar-refractivity contribution in [3.63, 3.8) is 0 Å². The third kappa shape index (κ3) is 2.91. The van der Waals surface area contributed by atoms with Crippen molar-refractivity contribution >= 4 is 0 Å². The highest BCUT2D eigenvalue weighted by Gasteiger charge is 2.68. The monoisotopic (exact) mass is 406 g/mol. The van der Waals surface area contributed by atoms with Crippen LogP contribution in [-0.2, 0) is 14.2 Å². The average Bonchev–Trinajstić information content (AvgIpc) is 3.32. The first-order valence-corrected chi connectivity index (χ1v) is 11.8. The van der Waals surface area contributed by atoms with E-state index in [2.05, 4.69) is 26.0 Å². The molecule has 0 bridgehead atoms. The number of rotatable bonds is 4. The fourth-order valence-corrected chi connectivity index (χ4v) is 8.16. The summed E-state index contributed by atoms with van der Waals surface area (Å²) < 4.78 is 17.6. The van der Waals surface area contributed by atoms with Gasteiger partial charge in [0.1, 0.15) is 0 Å². The van der Waals surface area contributed by atoms with Gasteiger partial charge in [-0.2, -0.15) is 0 Å². The van der Waals surface area contributed by atoms with Gasteiger partial charge in [-0.3, -0.25) is 0 Å². The summed E-state index contributed by atoms with van der Waals surface area (Å²) in [5.74, 6) is 1.79. The molecule has 5 heteroatoms. The predicted octanol–water partition coefficient (Wildman–Crippen LogP) is 3.29. The highest BCUT2D eigenvalue weighted by atomic mass is 16.7. The molecule has 164 valence electrons. The Morgan fingerprint density at radius 3 is 2.52 bits per heavy atom. The lowest BCUT2D eigenvalue weighted by molar-refractivity contribution is -0.218. The van der Waals surface area contributed by atoms with Crippen LogP contribution in [0.5, 0.6) is 0 Å². The molecule has 1 aliphatic heterocycles. The highest BCUT2D eigenvalue weighted by molar-refractivity contribution is 5.21. The Bertz CT molecular complexity index is 645. The summed E-state index contributed by atoms with van der Waals surface area (Å²) in [6.07, 6.45) is 12.0. The summed E-state index contributed by atoms with van der Waals surface area (Å²) in [6, 6.07) is 0. The highest BCUT2D eigenvalue weighted by Crippen LogP contribution is 2.69. The van der Waals surface area contributed by atoms with Gasteiger partial charge in [-0.25, -0.2) is 0 Å². The summed E-state index contributed by atoms with van der Waals surface area (Å²) in [6.45, 7) is 6.61. The van der Waals surface area contributed by atoms with Gasteiger partial charge in [0, 0.05) is 11.3 Å². The Labute approximate surface area is 174 Å². The van der Waals surface area contributed by atoms with Crippen LogP contribution in [0.2, 0.25) is 0 Å². The molecule has 0 radical (unpaired) electrons. The minimum atomic E-state index is -0.609. The Morgan fingerprint density at radius 2 is 1.76 bits per heavy atom. The van der Waals surface area contributed by atoms with Crippen molar-refractivity contribution in [3.05, 3.63) is 12.2 Å². The molecular formula is C24H38O5. The molecule has 0 spiro atoms. The normalized spacial score (nSPS) is 52.2. The molecule has 3 unspecified atom stereocenters. The van der Waals surface area contributed by atoms with Crippen LogP contribution in [0.25, 0.3) is 0 Å². The predicted molar refractivity (Wildman–Crippen MR) is 109 cm³/mol. The Kier molecular flexibility index (Phi) is 5.15. The molecule has 2 N–H and O–H groups in total. The Morgan fingerprint density at radius 1 is 1.00 bits per heavy atom. The van der Waals surface area contributed by atoms with Crippen LogP contribution in [0, 0.1) is 34.5 Å². The van der Waals surface area contributed by atoms with Crippen molar-refractivity contribution < 1.29 is 24.4 Å². The van der Waals surface area contributed by atoms with Gasteiger partial charge in [0.15, 0.2) is 6.29 Å². The molecular weight excluding hydrogens is 368 g/mol. The minimum Gasteiger partial charge on any atom is -0.394 e. The van der Waals surface area contributed by atoms with Crippen LogP contribution in [0.4, 0.5) is 0 Å². The quantitative estimate of drug-likeness (QED) is 0.701. The standard InChI is InChI=1S/C24H38O5/c1-22-8-5-17(27-12-11-25)15-16(22)3-4-19-18(22)6-9-23(2)20(7-10-24(19,23)26)21-28-13-14-29-21/h5,8,16-21,25-26H,3-4,6-7,9-15H2,1-2H3/t16?,17?,18-,19-,20?,22+,23-,24-/m1/s1. The molecule has 29 heavy (non-hydrogen) atoms. The van der Waals surface area contributed by atoms with Gasteiger partial charge in [0.2, 0.25) is 0 Å². The molecule has 5 aliphatic rings. The van der Waals surface area contributed by atoms with Crippen molar-refractivity contribution in [1.29, 1.82) is 0 Å². The van der Waals surface area contributed by atoms with E-state index < -0.39 is 5.60 Å². The molecule has 5 nitrogen and oxygen atoms in total. The maximum Gasteiger partial charge on any atom is 0.161 e. The zero-order chi connectivity index (χ0) is 20.3. The molecule has 1 heterocycles. The zero-order valence-corrected chi connectivity index (χ0v) is 18.0. The number of fused-ring (bicyclic) bond motifs is 5. The number of ether oxygens (including phenoxy) is 3. The van der Waals surface area contributed by atoms with Crippen LogP contribution in [0.1, 0.15) is 58.8 Å². The summed E-state index contributed by atoms with van der Waals surface area (Å²) >= 11 is 0. The first-order valence-electron chi connectivity index (χ1n) is 11.8. The smallest absolute Gasteiger partial charge is 0.161 e. The molecule has 4 fully saturated rings. The van der Waals surface area contributed by atoms with E-state index in [4.69, 9.17) is 19.3 Å². The van der Waals surface area contributed by atoms with Crippen LogP contribution >= 0.6 is 0 Å². The lowest BCUT2D eigenvalue weighted by Crippen LogP contribution is -2.62. The van der Waals surface area contributed by atoms with Gasteiger partial charge in [-0.1, -0.05) is 26.0 Å². The fourth-order valence-electron chi connectivity index (χ4n) is 8.16. The van der Waals surface area contributed by atoms with Crippen molar-refractivity contribution in [2.45, 2.75) is 76.8 Å². The number of hydrogen-bond acceptors (Lipinski definition) is 5. The molecule has 0 aromatic carbocycles. The first kappa shape index (κ1) is 20.4. The molecule has 1 saturated heterocycles. The SMILES string of the molecule is C[C@]12C=CC(OCCO)CC1CC[C@@H]1[C@H]2CC[C@]2(C)C(C3OCCO3)CC[C@@]12O. The largest absolute Gasteiger partial charge is 0.394 e. The van der Waals surface area contributed by atoms with E-state index in [1.807, 2.05) is 0 Å². The summed E-state index contributed by atoms with van der Waals surface area (Å²) in [5, 5.41) is 21.3. The topological polar surface area (TPSA) is 68.2 Å². The van der Waals surface area contributed by atoms with Crippen LogP contribution in [0.3, 0.4) is 0 Å². The maximum atomic E-state index is 12.2. The average molecular weight is 407 g/mol. The lowest BCUT2D eigenvalue weighted by Gasteiger charge is -2.62. The third-order valence-electron chi connectivity index (χ3n) is 9.81. The van der Waals surface area contributed by atoms with Crippen molar-refractivity contribution in [3.8, 4) is 0 Å². The number of allylic oxidation sites excluding steroid dienone is 1. The second kappa shape index (κ2) is 7.30. The molecule has 5 rings (SSSR count). The Hall–Kier alpha value is -0.460. The Balaban J connectivity index is 1.40. The van der Waals surface area contributed by atoms with E-state index in [0.717, 1.165) is 38.5 Å². The molecule has 0 aromatic rings. The lowest BCUT2D eigenvalue weighted by atomic mass is 9.44. The zero-order valence-electron chi connectivity index (χ0n) is 18.0. The van der Waals surface area contributed by atoms with Gasteiger partial charge in [0.25, 0.3) is 0 Å². The van der Waals surface area contributed by atoms with Gasteiger partial charge in [0.05, 0.1) is 38.1 Å². The number of aliphatic hydroxyl groups is 2. The van der Waals surface area contributed by atoms with Crippen molar-refractivity contribution in [1.82, 2.24) is 0 Å². The third-order valence-corrected chi connectivity index (χ3v) is 9.81. The van der Waals surface area contributed by atoms with E-state index >= 15 is 0 Å². The molecule has 0 amide bonds. The molecule has 3 saturated carbocycles. The van der Waals surface area contributed by atoms with Crippen LogP contribution < -0.4 is 0 Å². The molecule has 8 atom stereocenters. The second-order valence-electron chi connectivity index (χ2n) is 10.7. The van der Waals surface area contributed by atoms with E-state index in [-0.39, 0.29) is 29.8 Å². The second-order valence-corrected chi connectivity index (χ2v) is 10.7. The summed E-state index contributed by atoms with van der Waals surface area (Å²) in [4.78, 5) is 0. The summed E-state index contributed by atoms with van der Waals surface area (Å²) in [5.41, 5.74) is -0.586. The van der Waals surface area contributed by atoms with Gasteiger partial charge >= 0.3 is 0 Å². The van der Waals surface area contributed by atoms with Crippen molar-refractivity contribution in [2.75, 3.05) is 26.4 Å². The van der Waals surface area contributed by atoms with Gasteiger partial charge in [-0.05, 0) is 68.1 Å². The fraction of sp³-hybridized carbons (Fsp3) is 0.917. The molecule has 0 aromatic heterocycles. The van der Waals surface area contributed by atoms with Gasteiger partial charge < -0.3 is 24.4 Å². The maximum absolute atomic E-state index is 12.2. The van der Waals surface area contributed by atoms with Crippen molar-refractivity contribution in [2.24, 2.45) is 34.5 Å². The number of hydrogen-bond donors (Lipinski definition) is 2. The van der Waals surface area contributed by atoms with E-state index in [1.165, 1.54) is 6.42 Å². The molecule has 4 aliphatic carbocycles. The van der Waals surface area contributed by atoms with E-state index in [1.54, 1.807) is 0 Å². The minimum absolute atomic E-state index is 0.0815. The van der Waals surface area contributed by atoms with Crippen LogP contribution in [-0.4, -0.2) is 54.6 Å².